The predicted molar refractivity (Wildman–Crippen MR) is 77.6 cm³/mol. The number of rotatable bonds is 4. The summed E-state index contributed by atoms with van der Waals surface area (Å²) in [5, 5.41) is 0.484. The lowest BCUT2D eigenvalue weighted by molar-refractivity contribution is 0.178. The minimum Gasteiger partial charge on any atom is -0.377 e. The normalized spacial score (nSPS) is 17.2. The summed E-state index contributed by atoms with van der Waals surface area (Å²) in [7, 11) is 3.74. The number of methoxy groups -OCH3 is 1. The molecule has 19 heavy (non-hydrogen) atoms. The molecule has 1 fully saturated rings. The third-order valence-electron chi connectivity index (χ3n) is 3.73. The number of halogens is 1. The predicted octanol–water partition coefficient (Wildman–Crippen LogP) is 3.44. The molecule has 0 aromatic carbocycles. The molecule has 1 aliphatic carbocycles. The number of hydrogen-bond donors (Lipinski definition) is 0. The topological polar surface area (TPSA) is 38.2 Å². The van der Waals surface area contributed by atoms with Crippen molar-refractivity contribution < 1.29 is 4.74 Å². The molecule has 1 heterocycles. The van der Waals surface area contributed by atoms with Gasteiger partial charge in [0.25, 0.3) is 0 Å². The SMILES string of the molecule is COCc1nc(Cl)cc(N(C)C2CCCCCC2)n1. The Balaban J connectivity index is 2.14. The molecule has 0 aliphatic heterocycles. The molecule has 5 heteroatoms. The maximum Gasteiger partial charge on any atom is 0.158 e. The standard InChI is InChI=1S/C14H22ClN3O/c1-18(11-7-5-3-4-6-8-11)14-9-12(15)16-13(17-14)10-19-2/h9,11H,3-8,10H2,1-2H3. The van der Waals surface area contributed by atoms with Gasteiger partial charge in [0.05, 0.1) is 0 Å². The first-order chi connectivity index (χ1) is 9.20. The Morgan fingerprint density at radius 3 is 2.58 bits per heavy atom. The fraction of sp³-hybridized carbons (Fsp3) is 0.714. The third-order valence-corrected chi connectivity index (χ3v) is 3.93. The molecule has 0 atom stereocenters. The summed E-state index contributed by atoms with van der Waals surface area (Å²) < 4.78 is 5.08. The van der Waals surface area contributed by atoms with E-state index in [1.54, 1.807) is 7.11 Å². The summed E-state index contributed by atoms with van der Waals surface area (Å²) >= 11 is 6.07. The molecule has 1 saturated carbocycles. The Morgan fingerprint density at radius 1 is 1.26 bits per heavy atom. The van der Waals surface area contributed by atoms with Gasteiger partial charge in [-0.05, 0) is 12.8 Å². The minimum absolute atomic E-state index is 0.395. The van der Waals surface area contributed by atoms with E-state index in [2.05, 4.69) is 21.9 Å². The molecule has 0 N–H and O–H groups in total. The minimum atomic E-state index is 0.395. The highest BCUT2D eigenvalue weighted by molar-refractivity contribution is 6.29. The van der Waals surface area contributed by atoms with Crippen LogP contribution in [0.1, 0.15) is 44.3 Å². The van der Waals surface area contributed by atoms with E-state index < -0.39 is 0 Å². The van der Waals surface area contributed by atoms with Gasteiger partial charge >= 0.3 is 0 Å². The molecule has 1 aromatic heterocycles. The van der Waals surface area contributed by atoms with Gasteiger partial charge in [0.2, 0.25) is 0 Å². The van der Waals surface area contributed by atoms with Crippen LogP contribution in [0.5, 0.6) is 0 Å². The second kappa shape index (κ2) is 7.06. The molecule has 106 valence electrons. The molecule has 0 amide bonds. The van der Waals surface area contributed by atoms with Crippen molar-refractivity contribution in [2.45, 2.75) is 51.2 Å². The highest BCUT2D eigenvalue weighted by Crippen LogP contribution is 2.25. The molecule has 4 nitrogen and oxygen atoms in total. The van der Waals surface area contributed by atoms with Gasteiger partial charge < -0.3 is 9.64 Å². The molecular weight excluding hydrogens is 262 g/mol. The number of hydrogen-bond acceptors (Lipinski definition) is 4. The maximum atomic E-state index is 6.07. The van der Waals surface area contributed by atoms with E-state index in [1.165, 1.54) is 38.5 Å². The molecule has 2 rings (SSSR count). The van der Waals surface area contributed by atoms with Crippen LogP contribution >= 0.6 is 11.6 Å². The van der Waals surface area contributed by atoms with E-state index in [0.717, 1.165) is 5.82 Å². The summed E-state index contributed by atoms with van der Waals surface area (Å²) in [5.74, 6) is 1.55. The summed E-state index contributed by atoms with van der Waals surface area (Å²) in [5.41, 5.74) is 0. The molecule has 0 saturated heterocycles. The van der Waals surface area contributed by atoms with Crippen LogP contribution in [-0.2, 0) is 11.3 Å². The maximum absolute atomic E-state index is 6.07. The average Bonchev–Trinajstić information content (AvgIpc) is 2.66. The van der Waals surface area contributed by atoms with Gasteiger partial charge in [-0.15, -0.1) is 0 Å². The quantitative estimate of drug-likeness (QED) is 0.627. The molecule has 0 spiro atoms. The van der Waals surface area contributed by atoms with Gasteiger partial charge in [0.1, 0.15) is 17.6 Å². The van der Waals surface area contributed by atoms with Gasteiger partial charge in [0.15, 0.2) is 5.82 Å². The Morgan fingerprint density at radius 2 is 1.95 bits per heavy atom. The zero-order chi connectivity index (χ0) is 13.7. The van der Waals surface area contributed by atoms with Crippen LogP contribution in [0.4, 0.5) is 5.82 Å². The monoisotopic (exact) mass is 283 g/mol. The summed E-state index contributed by atoms with van der Waals surface area (Å²) in [4.78, 5) is 11.0. The first-order valence-corrected chi connectivity index (χ1v) is 7.33. The average molecular weight is 284 g/mol. The van der Waals surface area contributed by atoms with Gasteiger partial charge in [0, 0.05) is 26.3 Å². The lowest BCUT2D eigenvalue weighted by atomic mass is 10.1. The van der Waals surface area contributed by atoms with Crippen molar-refractivity contribution in [1.29, 1.82) is 0 Å². The van der Waals surface area contributed by atoms with Crippen LogP contribution in [0.2, 0.25) is 5.15 Å². The molecular formula is C14H22ClN3O. The van der Waals surface area contributed by atoms with Crippen molar-refractivity contribution in [3.8, 4) is 0 Å². The smallest absolute Gasteiger partial charge is 0.158 e. The first-order valence-electron chi connectivity index (χ1n) is 6.96. The number of ether oxygens (including phenoxy) is 1. The lowest BCUT2D eigenvalue weighted by Gasteiger charge is -2.28. The Hall–Kier alpha value is -0.870. The zero-order valence-electron chi connectivity index (χ0n) is 11.7. The van der Waals surface area contributed by atoms with Crippen LogP contribution < -0.4 is 4.90 Å². The van der Waals surface area contributed by atoms with Gasteiger partial charge in [-0.1, -0.05) is 37.3 Å². The number of anilines is 1. The molecule has 1 aromatic rings. The van der Waals surface area contributed by atoms with Crippen LogP contribution in [0.25, 0.3) is 0 Å². The van der Waals surface area contributed by atoms with E-state index >= 15 is 0 Å². The van der Waals surface area contributed by atoms with E-state index in [4.69, 9.17) is 16.3 Å². The fourth-order valence-electron chi connectivity index (χ4n) is 2.66. The summed E-state index contributed by atoms with van der Waals surface area (Å²) in [6.07, 6.45) is 7.78. The Kier molecular flexibility index (Phi) is 5.40. The summed E-state index contributed by atoms with van der Waals surface area (Å²) in [6.45, 7) is 0.395. The molecule has 0 bridgehead atoms. The highest BCUT2D eigenvalue weighted by Gasteiger charge is 2.19. The van der Waals surface area contributed by atoms with Crippen LogP contribution in [-0.4, -0.2) is 30.2 Å². The number of nitrogens with zero attached hydrogens (tertiary/aromatic N) is 3. The zero-order valence-corrected chi connectivity index (χ0v) is 12.5. The largest absolute Gasteiger partial charge is 0.377 e. The van der Waals surface area contributed by atoms with E-state index in [1.807, 2.05) is 6.07 Å². The van der Waals surface area contributed by atoms with Gasteiger partial charge in [-0.2, -0.15) is 0 Å². The van der Waals surface area contributed by atoms with Crippen molar-refractivity contribution in [3.63, 3.8) is 0 Å². The second-order valence-electron chi connectivity index (χ2n) is 5.15. The second-order valence-corrected chi connectivity index (χ2v) is 5.54. The number of aromatic nitrogens is 2. The van der Waals surface area contributed by atoms with Crippen LogP contribution in [0, 0.1) is 0 Å². The van der Waals surface area contributed by atoms with Crippen LogP contribution in [0.3, 0.4) is 0 Å². The molecule has 1 aliphatic rings. The molecule has 0 unspecified atom stereocenters. The van der Waals surface area contributed by atoms with Crippen molar-refractivity contribution in [1.82, 2.24) is 9.97 Å². The Labute approximate surface area is 120 Å². The summed E-state index contributed by atoms with van der Waals surface area (Å²) in [6, 6.07) is 2.40. The first kappa shape index (κ1) is 14.5. The van der Waals surface area contributed by atoms with Crippen LogP contribution in [0.15, 0.2) is 6.07 Å². The van der Waals surface area contributed by atoms with E-state index in [9.17, 15) is 0 Å². The van der Waals surface area contributed by atoms with Gasteiger partial charge in [-0.3, -0.25) is 0 Å². The third kappa shape index (κ3) is 4.05. The van der Waals surface area contributed by atoms with Gasteiger partial charge in [-0.25, -0.2) is 9.97 Å². The lowest BCUT2D eigenvalue weighted by Crippen LogP contribution is -2.32. The highest BCUT2D eigenvalue weighted by atomic mass is 35.5. The Bertz CT molecular complexity index is 406. The van der Waals surface area contributed by atoms with E-state index in [0.29, 0.717) is 23.6 Å². The van der Waals surface area contributed by atoms with Crippen molar-refractivity contribution in [2.75, 3.05) is 19.1 Å². The molecule has 0 radical (unpaired) electrons. The van der Waals surface area contributed by atoms with Crippen molar-refractivity contribution in [2.24, 2.45) is 0 Å². The van der Waals surface area contributed by atoms with Crippen molar-refractivity contribution >= 4 is 17.4 Å². The van der Waals surface area contributed by atoms with Crippen molar-refractivity contribution in [3.05, 3.63) is 17.0 Å². The fourth-order valence-corrected chi connectivity index (χ4v) is 2.85. The van der Waals surface area contributed by atoms with E-state index in [-0.39, 0.29) is 0 Å².